The number of rotatable bonds is 5. The van der Waals surface area contributed by atoms with E-state index in [9.17, 15) is 4.79 Å². The molecule has 0 aromatic heterocycles. The van der Waals surface area contributed by atoms with Crippen molar-refractivity contribution in [3.8, 4) is 0 Å². The van der Waals surface area contributed by atoms with Crippen LogP contribution in [0.1, 0.15) is 40.0 Å². The Morgan fingerprint density at radius 2 is 2.17 bits per heavy atom. The molecule has 0 aromatic rings. The van der Waals surface area contributed by atoms with Crippen LogP contribution in [0.25, 0.3) is 0 Å². The first-order valence-corrected chi connectivity index (χ1v) is 5.29. The van der Waals surface area contributed by atoms with E-state index in [2.05, 4.69) is 6.92 Å². The normalized spacial score (nSPS) is 15.7. The largest absolute Gasteiger partial charge is 0.393 e. The van der Waals surface area contributed by atoms with Gasteiger partial charge >= 0.3 is 0 Å². The van der Waals surface area contributed by atoms with Crippen LogP contribution in [-0.2, 0) is 4.79 Å². The third-order valence-corrected chi connectivity index (χ3v) is 2.64. The van der Waals surface area contributed by atoms with E-state index in [-0.39, 0.29) is 11.2 Å². The molecule has 0 fully saturated rings. The number of aliphatic hydroxyl groups excluding tert-OH is 1. The minimum atomic E-state index is -0.298. The Morgan fingerprint density at radius 1 is 1.58 bits per heavy atom. The second-order valence-electron chi connectivity index (χ2n) is 3.10. The highest BCUT2D eigenvalue weighted by Gasteiger charge is 2.13. The summed E-state index contributed by atoms with van der Waals surface area (Å²) in [5.74, 6) is 0. The van der Waals surface area contributed by atoms with Crippen molar-refractivity contribution >= 4 is 16.9 Å². The highest BCUT2D eigenvalue weighted by atomic mass is 32.2. The van der Waals surface area contributed by atoms with E-state index >= 15 is 0 Å². The Labute approximate surface area is 78.7 Å². The monoisotopic (exact) mass is 190 g/mol. The average Bonchev–Trinajstić information content (AvgIpc) is 1.84. The van der Waals surface area contributed by atoms with Crippen LogP contribution in [-0.4, -0.2) is 21.6 Å². The van der Waals surface area contributed by atoms with Gasteiger partial charge in [0.25, 0.3) is 0 Å². The lowest BCUT2D eigenvalue weighted by Gasteiger charge is -2.14. The molecule has 0 spiro atoms. The zero-order valence-electron chi connectivity index (χ0n) is 8.04. The van der Waals surface area contributed by atoms with Gasteiger partial charge in [-0.25, -0.2) is 0 Å². The van der Waals surface area contributed by atoms with E-state index in [0.717, 1.165) is 19.3 Å². The van der Waals surface area contributed by atoms with Gasteiger partial charge in [0.05, 0.1) is 6.10 Å². The van der Waals surface area contributed by atoms with Gasteiger partial charge in [0, 0.05) is 12.2 Å². The standard InChI is InChI=1S/C9H18O2S/c1-4-5-9(6-7(2)10)12-8(3)11/h7,9-10H,4-6H2,1-3H3/t7-,9-/m1/s1. The smallest absolute Gasteiger partial charge is 0.186 e. The van der Waals surface area contributed by atoms with Crippen LogP contribution in [0.2, 0.25) is 0 Å². The van der Waals surface area contributed by atoms with Crippen LogP contribution < -0.4 is 0 Å². The van der Waals surface area contributed by atoms with Crippen LogP contribution in [0, 0.1) is 0 Å². The Kier molecular flexibility index (Phi) is 6.48. The Morgan fingerprint density at radius 3 is 2.50 bits per heavy atom. The molecular weight excluding hydrogens is 172 g/mol. The fourth-order valence-electron chi connectivity index (χ4n) is 1.16. The minimum absolute atomic E-state index is 0.147. The van der Waals surface area contributed by atoms with Crippen molar-refractivity contribution in [3.63, 3.8) is 0 Å². The van der Waals surface area contributed by atoms with Crippen molar-refractivity contribution in [1.29, 1.82) is 0 Å². The van der Waals surface area contributed by atoms with Crippen molar-refractivity contribution in [2.24, 2.45) is 0 Å². The van der Waals surface area contributed by atoms with Crippen molar-refractivity contribution in [1.82, 2.24) is 0 Å². The summed E-state index contributed by atoms with van der Waals surface area (Å²) in [5.41, 5.74) is 0. The predicted molar refractivity (Wildman–Crippen MR) is 53.3 cm³/mol. The minimum Gasteiger partial charge on any atom is -0.393 e. The van der Waals surface area contributed by atoms with Gasteiger partial charge in [-0.3, -0.25) is 4.79 Å². The van der Waals surface area contributed by atoms with E-state index in [1.165, 1.54) is 11.8 Å². The quantitative estimate of drug-likeness (QED) is 0.722. The van der Waals surface area contributed by atoms with Gasteiger partial charge in [0.2, 0.25) is 0 Å². The lowest BCUT2D eigenvalue weighted by atomic mass is 10.1. The first-order valence-electron chi connectivity index (χ1n) is 4.41. The first-order chi connectivity index (χ1) is 5.56. The molecule has 2 nitrogen and oxygen atoms in total. The van der Waals surface area contributed by atoms with Crippen molar-refractivity contribution in [2.75, 3.05) is 0 Å². The van der Waals surface area contributed by atoms with Gasteiger partial charge in [-0.05, 0) is 19.8 Å². The van der Waals surface area contributed by atoms with Crippen LogP contribution in [0.5, 0.6) is 0 Å². The van der Waals surface area contributed by atoms with Crippen molar-refractivity contribution in [3.05, 3.63) is 0 Å². The summed E-state index contributed by atoms with van der Waals surface area (Å²) >= 11 is 1.35. The summed E-state index contributed by atoms with van der Waals surface area (Å²) < 4.78 is 0. The lowest BCUT2D eigenvalue weighted by molar-refractivity contribution is -0.109. The van der Waals surface area contributed by atoms with Crippen LogP contribution in [0.15, 0.2) is 0 Å². The highest BCUT2D eigenvalue weighted by molar-refractivity contribution is 8.14. The molecule has 0 unspecified atom stereocenters. The number of carbonyl (C=O) groups excluding carboxylic acids is 1. The van der Waals surface area contributed by atoms with Gasteiger partial charge in [0.1, 0.15) is 0 Å². The Balaban J connectivity index is 3.77. The molecular formula is C9H18O2S. The fourth-order valence-corrected chi connectivity index (χ4v) is 2.36. The number of aliphatic hydroxyl groups is 1. The Bertz CT molecular complexity index is 134. The summed E-state index contributed by atoms with van der Waals surface area (Å²) in [5, 5.41) is 9.58. The molecule has 0 aliphatic carbocycles. The molecule has 0 bridgehead atoms. The molecule has 0 saturated heterocycles. The van der Waals surface area contributed by atoms with Crippen LogP contribution in [0.4, 0.5) is 0 Å². The summed E-state index contributed by atoms with van der Waals surface area (Å²) in [6.07, 6.45) is 2.50. The van der Waals surface area contributed by atoms with E-state index in [0.29, 0.717) is 5.25 Å². The molecule has 12 heavy (non-hydrogen) atoms. The third kappa shape index (κ3) is 6.68. The maximum atomic E-state index is 10.8. The van der Waals surface area contributed by atoms with Crippen LogP contribution in [0.3, 0.4) is 0 Å². The van der Waals surface area contributed by atoms with Crippen LogP contribution >= 0.6 is 11.8 Å². The second-order valence-corrected chi connectivity index (χ2v) is 4.58. The maximum absolute atomic E-state index is 10.8. The summed E-state index contributed by atoms with van der Waals surface area (Å²) in [7, 11) is 0. The number of hydrogen-bond acceptors (Lipinski definition) is 3. The third-order valence-electron chi connectivity index (χ3n) is 1.55. The second kappa shape index (κ2) is 6.49. The highest BCUT2D eigenvalue weighted by Crippen LogP contribution is 2.21. The SMILES string of the molecule is CCC[C@H](C[C@@H](C)O)SC(C)=O. The molecule has 0 rings (SSSR count). The zero-order valence-corrected chi connectivity index (χ0v) is 8.86. The molecule has 0 amide bonds. The number of hydrogen-bond donors (Lipinski definition) is 1. The average molecular weight is 190 g/mol. The molecule has 72 valence electrons. The predicted octanol–water partition coefficient (Wildman–Crippen LogP) is 2.21. The number of thioether (sulfide) groups is 1. The molecule has 0 aliphatic rings. The van der Waals surface area contributed by atoms with Gasteiger partial charge in [-0.1, -0.05) is 25.1 Å². The van der Waals surface area contributed by atoms with E-state index in [1.54, 1.807) is 13.8 Å². The Hall–Kier alpha value is -0.0200. The molecule has 2 atom stereocenters. The molecule has 0 saturated carbocycles. The van der Waals surface area contributed by atoms with Gasteiger partial charge in [-0.2, -0.15) is 0 Å². The topological polar surface area (TPSA) is 37.3 Å². The first kappa shape index (κ1) is 12.0. The summed E-state index contributed by atoms with van der Waals surface area (Å²) in [4.78, 5) is 10.8. The van der Waals surface area contributed by atoms with Gasteiger partial charge < -0.3 is 5.11 Å². The molecule has 3 heteroatoms. The molecule has 0 aliphatic heterocycles. The summed E-state index contributed by atoms with van der Waals surface area (Å²) in [6.45, 7) is 5.44. The van der Waals surface area contributed by atoms with Gasteiger partial charge in [0.15, 0.2) is 5.12 Å². The molecule has 0 aromatic carbocycles. The van der Waals surface area contributed by atoms with E-state index < -0.39 is 0 Å². The molecule has 0 radical (unpaired) electrons. The summed E-state index contributed by atoms with van der Waals surface area (Å²) in [6, 6.07) is 0. The van der Waals surface area contributed by atoms with Gasteiger partial charge in [-0.15, -0.1) is 0 Å². The van der Waals surface area contributed by atoms with E-state index in [4.69, 9.17) is 5.11 Å². The van der Waals surface area contributed by atoms with Crippen molar-refractivity contribution < 1.29 is 9.90 Å². The fraction of sp³-hybridized carbons (Fsp3) is 0.889. The van der Waals surface area contributed by atoms with Crippen molar-refractivity contribution in [2.45, 2.75) is 51.4 Å². The molecule has 1 N–H and O–H groups in total. The zero-order chi connectivity index (χ0) is 9.56. The number of carbonyl (C=O) groups is 1. The molecule has 0 heterocycles. The maximum Gasteiger partial charge on any atom is 0.186 e. The van der Waals surface area contributed by atoms with E-state index in [1.807, 2.05) is 0 Å². The lowest BCUT2D eigenvalue weighted by Crippen LogP contribution is -2.13.